The molecule has 0 spiro atoms. The zero-order valence-electron chi connectivity index (χ0n) is 15.7. The van der Waals surface area contributed by atoms with Crippen LogP contribution in [0.3, 0.4) is 0 Å². The van der Waals surface area contributed by atoms with E-state index in [-0.39, 0.29) is 11.9 Å². The first kappa shape index (κ1) is 17.9. The molecule has 2 aromatic carbocycles. The number of para-hydroxylation sites is 1. The highest BCUT2D eigenvalue weighted by atomic mass is 16.5. The van der Waals surface area contributed by atoms with E-state index < -0.39 is 0 Å². The fourth-order valence-electron chi connectivity index (χ4n) is 4.14. The minimum absolute atomic E-state index is 0.0319. The van der Waals surface area contributed by atoms with Crippen LogP contribution in [0.1, 0.15) is 42.5 Å². The van der Waals surface area contributed by atoms with Gasteiger partial charge in [-0.25, -0.2) is 0 Å². The Kier molecular flexibility index (Phi) is 5.30. The predicted molar refractivity (Wildman–Crippen MR) is 104 cm³/mol. The number of carbonyl (C=O) groups excluding carboxylic acids is 1. The van der Waals surface area contributed by atoms with Gasteiger partial charge in [-0.2, -0.15) is 0 Å². The van der Waals surface area contributed by atoms with Gasteiger partial charge in [0.25, 0.3) is 0 Å². The number of hydrogen-bond acceptors (Lipinski definition) is 4. The number of hydrogen-bond donors (Lipinski definition) is 1. The molecule has 0 bridgehead atoms. The molecule has 0 aromatic heterocycles. The summed E-state index contributed by atoms with van der Waals surface area (Å²) in [7, 11) is 1.68. The summed E-state index contributed by atoms with van der Waals surface area (Å²) in [4.78, 5) is 15.0. The first-order chi connectivity index (χ1) is 13.2. The Morgan fingerprint density at radius 3 is 2.81 bits per heavy atom. The molecule has 2 aromatic rings. The minimum Gasteiger partial charge on any atom is -0.497 e. The molecule has 5 heteroatoms. The van der Waals surface area contributed by atoms with Gasteiger partial charge in [-0.3, -0.25) is 9.69 Å². The monoisotopic (exact) mass is 366 g/mol. The Hall–Kier alpha value is -2.53. The molecule has 0 aliphatic carbocycles. The highest BCUT2D eigenvalue weighted by Gasteiger charge is 2.29. The third kappa shape index (κ3) is 3.93. The fraction of sp³-hybridized carbons (Fsp3) is 0.409. The van der Waals surface area contributed by atoms with Gasteiger partial charge in [-0.05, 0) is 43.1 Å². The number of fused-ring (bicyclic) bond motifs is 1. The summed E-state index contributed by atoms with van der Waals surface area (Å²) < 4.78 is 10.9. The number of nitrogens with zero attached hydrogens (tertiary/aromatic N) is 1. The van der Waals surface area contributed by atoms with Gasteiger partial charge in [0.1, 0.15) is 11.5 Å². The van der Waals surface area contributed by atoms with E-state index in [0.717, 1.165) is 42.9 Å². The smallest absolute Gasteiger partial charge is 0.234 e. The van der Waals surface area contributed by atoms with Crippen molar-refractivity contribution in [3.8, 4) is 11.5 Å². The number of nitrogens with one attached hydrogen (secondary N) is 1. The molecule has 2 aliphatic heterocycles. The molecule has 27 heavy (non-hydrogen) atoms. The topological polar surface area (TPSA) is 50.8 Å². The number of benzene rings is 2. The Morgan fingerprint density at radius 1 is 1.19 bits per heavy atom. The lowest BCUT2D eigenvalue weighted by atomic mass is 10.0. The largest absolute Gasteiger partial charge is 0.497 e. The Labute approximate surface area is 160 Å². The Balaban J connectivity index is 1.40. The highest BCUT2D eigenvalue weighted by Crippen LogP contribution is 2.33. The first-order valence-electron chi connectivity index (χ1n) is 9.63. The minimum atomic E-state index is 0.0319. The molecule has 2 heterocycles. The highest BCUT2D eigenvalue weighted by molar-refractivity contribution is 5.78. The van der Waals surface area contributed by atoms with Crippen molar-refractivity contribution in [2.45, 2.75) is 31.3 Å². The van der Waals surface area contributed by atoms with Gasteiger partial charge in [0.2, 0.25) is 5.91 Å². The second-order valence-corrected chi connectivity index (χ2v) is 7.20. The van der Waals surface area contributed by atoms with Crippen LogP contribution < -0.4 is 14.8 Å². The number of likely N-dealkylation sites (tertiary alicyclic amines) is 1. The van der Waals surface area contributed by atoms with E-state index >= 15 is 0 Å². The molecule has 1 amide bonds. The number of ether oxygens (including phenoxy) is 2. The van der Waals surface area contributed by atoms with Crippen LogP contribution in [0, 0.1) is 0 Å². The van der Waals surface area contributed by atoms with Crippen molar-refractivity contribution in [3.05, 3.63) is 59.7 Å². The summed E-state index contributed by atoms with van der Waals surface area (Å²) in [5, 5.41) is 3.21. The average Bonchev–Trinajstić information content (AvgIpc) is 3.16. The van der Waals surface area contributed by atoms with E-state index in [1.54, 1.807) is 7.11 Å². The molecule has 0 saturated carbocycles. The van der Waals surface area contributed by atoms with Gasteiger partial charge in [-0.1, -0.05) is 30.3 Å². The normalized spacial score (nSPS) is 22.0. The van der Waals surface area contributed by atoms with Gasteiger partial charge < -0.3 is 14.8 Å². The summed E-state index contributed by atoms with van der Waals surface area (Å²) in [5.74, 6) is 1.82. The van der Waals surface area contributed by atoms with Crippen LogP contribution in [-0.4, -0.2) is 37.6 Å². The molecule has 4 rings (SSSR count). The van der Waals surface area contributed by atoms with E-state index in [4.69, 9.17) is 9.47 Å². The average molecular weight is 366 g/mol. The molecule has 5 nitrogen and oxygen atoms in total. The summed E-state index contributed by atoms with van der Waals surface area (Å²) >= 11 is 0. The summed E-state index contributed by atoms with van der Waals surface area (Å²) in [6.07, 6.45) is 3.01. The predicted octanol–water partition coefficient (Wildman–Crippen LogP) is 3.47. The van der Waals surface area contributed by atoms with Crippen molar-refractivity contribution in [1.29, 1.82) is 0 Å². The SMILES string of the molecule is COc1ccc([C@H]2CCCN2CC(=O)N[C@@H]2CCOc3ccccc32)cc1. The molecule has 142 valence electrons. The molecule has 0 unspecified atom stereocenters. The van der Waals surface area contributed by atoms with Crippen molar-refractivity contribution >= 4 is 5.91 Å². The van der Waals surface area contributed by atoms with Crippen molar-refractivity contribution in [3.63, 3.8) is 0 Å². The maximum atomic E-state index is 12.7. The molecule has 1 saturated heterocycles. The summed E-state index contributed by atoms with van der Waals surface area (Å²) in [6.45, 7) is 2.02. The summed E-state index contributed by atoms with van der Waals surface area (Å²) in [6, 6.07) is 16.5. The van der Waals surface area contributed by atoms with E-state index in [2.05, 4.69) is 22.3 Å². The van der Waals surface area contributed by atoms with Crippen LogP contribution in [0.25, 0.3) is 0 Å². The van der Waals surface area contributed by atoms with Crippen LogP contribution in [0.5, 0.6) is 11.5 Å². The number of carbonyl (C=O) groups is 1. The second-order valence-electron chi connectivity index (χ2n) is 7.20. The lowest BCUT2D eigenvalue weighted by Crippen LogP contribution is -2.40. The Morgan fingerprint density at radius 2 is 2.00 bits per heavy atom. The maximum Gasteiger partial charge on any atom is 0.234 e. The quantitative estimate of drug-likeness (QED) is 0.880. The van der Waals surface area contributed by atoms with Crippen LogP contribution in [0.2, 0.25) is 0 Å². The number of amides is 1. The maximum absolute atomic E-state index is 12.7. The van der Waals surface area contributed by atoms with Crippen LogP contribution in [0.15, 0.2) is 48.5 Å². The lowest BCUT2D eigenvalue weighted by molar-refractivity contribution is -0.123. The molecular formula is C22H26N2O3. The van der Waals surface area contributed by atoms with Crippen LogP contribution in [-0.2, 0) is 4.79 Å². The van der Waals surface area contributed by atoms with E-state index in [1.807, 2.05) is 36.4 Å². The first-order valence-corrected chi connectivity index (χ1v) is 9.63. The molecule has 0 radical (unpaired) electrons. The summed E-state index contributed by atoms with van der Waals surface area (Å²) in [5.41, 5.74) is 2.32. The lowest BCUT2D eigenvalue weighted by Gasteiger charge is -2.29. The third-order valence-electron chi connectivity index (χ3n) is 5.50. The van der Waals surface area contributed by atoms with Crippen molar-refractivity contribution in [2.24, 2.45) is 0 Å². The second kappa shape index (κ2) is 8.01. The fourth-order valence-corrected chi connectivity index (χ4v) is 4.14. The Bertz CT molecular complexity index is 790. The van der Waals surface area contributed by atoms with Crippen LogP contribution >= 0.6 is 0 Å². The zero-order valence-corrected chi connectivity index (χ0v) is 15.7. The standard InChI is InChI=1S/C22H26N2O3/c1-26-17-10-8-16(9-11-17)20-6-4-13-24(20)15-22(25)23-19-12-14-27-21-7-3-2-5-18(19)21/h2-3,5,7-11,19-20H,4,6,12-15H2,1H3,(H,23,25)/t19-,20-/m1/s1. The number of methoxy groups -OCH3 is 1. The van der Waals surface area contributed by atoms with Gasteiger partial charge >= 0.3 is 0 Å². The zero-order chi connectivity index (χ0) is 18.6. The van der Waals surface area contributed by atoms with Gasteiger partial charge in [0, 0.05) is 18.0 Å². The van der Waals surface area contributed by atoms with Crippen molar-refractivity contribution in [2.75, 3.05) is 26.8 Å². The molecule has 1 N–H and O–H groups in total. The molecule has 1 fully saturated rings. The van der Waals surface area contributed by atoms with Gasteiger partial charge in [0.05, 0.1) is 26.3 Å². The van der Waals surface area contributed by atoms with E-state index in [0.29, 0.717) is 19.2 Å². The van der Waals surface area contributed by atoms with E-state index in [9.17, 15) is 4.79 Å². The van der Waals surface area contributed by atoms with Crippen LogP contribution in [0.4, 0.5) is 0 Å². The van der Waals surface area contributed by atoms with Crippen molar-refractivity contribution in [1.82, 2.24) is 10.2 Å². The molecule has 2 atom stereocenters. The van der Waals surface area contributed by atoms with Gasteiger partial charge in [0.15, 0.2) is 0 Å². The molecular weight excluding hydrogens is 340 g/mol. The van der Waals surface area contributed by atoms with E-state index in [1.165, 1.54) is 5.56 Å². The third-order valence-corrected chi connectivity index (χ3v) is 5.50. The van der Waals surface area contributed by atoms with Gasteiger partial charge in [-0.15, -0.1) is 0 Å². The van der Waals surface area contributed by atoms with Crippen molar-refractivity contribution < 1.29 is 14.3 Å². The molecule has 2 aliphatic rings. The number of rotatable bonds is 5.